The second-order valence-electron chi connectivity index (χ2n) is 6.24. The Morgan fingerprint density at radius 1 is 1.31 bits per heavy atom. The number of benzene rings is 1. The van der Waals surface area contributed by atoms with Gasteiger partial charge < -0.3 is 10.6 Å². The van der Waals surface area contributed by atoms with E-state index in [9.17, 15) is 4.79 Å². The first-order chi connectivity index (χ1) is 12.8. The van der Waals surface area contributed by atoms with Crippen molar-refractivity contribution in [2.75, 3.05) is 13.1 Å². The molecule has 1 aliphatic heterocycles. The maximum Gasteiger partial charge on any atom is 0.273 e. The van der Waals surface area contributed by atoms with Gasteiger partial charge in [-0.3, -0.25) is 9.89 Å². The molecule has 0 saturated carbocycles. The average Bonchev–Trinajstić information content (AvgIpc) is 3.37. The van der Waals surface area contributed by atoms with Gasteiger partial charge in [0.15, 0.2) is 11.5 Å². The number of aromatic nitrogens is 6. The lowest BCUT2D eigenvalue weighted by atomic mass is 10.1. The summed E-state index contributed by atoms with van der Waals surface area (Å²) in [6.07, 6.45) is 3.84. The van der Waals surface area contributed by atoms with Crippen molar-refractivity contribution in [1.82, 2.24) is 40.8 Å². The quantitative estimate of drug-likeness (QED) is 0.629. The summed E-state index contributed by atoms with van der Waals surface area (Å²) < 4.78 is 1.77. The van der Waals surface area contributed by atoms with Crippen molar-refractivity contribution in [1.29, 1.82) is 0 Å². The molecule has 0 bridgehead atoms. The number of carbonyl (C=O) groups excluding carboxylic acids is 1. The fourth-order valence-electron chi connectivity index (χ4n) is 2.96. The third-order valence-electron chi connectivity index (χ3n) is 4.37. The first-order valence-electron chi connectivity index (χ1n) is 8.67. The first-order valence-corrected chi connectivity index (χ1v) is 8.67. The Labute approximate surface area is 150 Å². The molecule has 26 heavy (non-hydrogen) atoms. The van der Waals surface area contributed by atoms with Crippen LogP contribution in [0.15, 0.2) is 36.5 Å². The third kappa shape index (κ3) is 3.62. The van der Waals surface area contributed by atoms with Crippen LogP contribution in [0.2, 0.25) is 0 Å². The maximum absolute atomic E-state index is 12.3. The molecule has 0 radical (unpaired) electrons. The third-order valence-corrected chi connectivity index (χ3v) is 4.37. The minimum atomic E-state index is -0.280. The molecule has 0 spiro atoms. The topological polar surface area (TPSA) is 113 Å². The van der Waals surface area contributed by atoms with E-state index in [1.165, 1.54) is 0 Å². The minimum absolute atomic E-state index is 0.247. The molecule has 3 N–H and O–H groups in total. The number of aromatic amines is 1. The van der Waals surface area contributed by atoms with E-state index < -0.39 is 0 Å². The number of rotatable bonds is 5. The summed E-state index contributed by atoms with van der Waals surface area (Å²) in [4.78, 5) is 16.7. The van der Waals surface area contributed by atoms with Crippen LogP contribution in [-0.2, 0) is 6.54 Å². The zero-order valence-electron chi connectivity index (χ0n) is 14.2. The number of carbonyl (C=O) groups is 1. The van der Waals surface area contributed by atoms with Gasteiger partial charge in [0.05, 0.1) is 18.8 Å². The van der Waals surface area contributed by atoms with Gasteiger partial charge in [-0.05, 0) is 19.4 Å². The Morgan fingerprint density at radius 3 is 3.00 bits per heavy atom. The highest BCUT2D eigenvalue weighted by molar-refractivity contribution is 5.91. The number of piperidine rings is 1. The minimum Gasteiger partial charge on any atom is -0.343 e. The largest absolute Gasteiger partial charge is 0.343 e. The number of H-pyrrole nitrogens is 1. The Hall–Kier alpha value is -3.07. The highest BCUT2D eigenvalue weighted by atomic mass is 16.2. The van der Waals surface area contributed by atoms with Crippen molar-refractivity contribution in [2.45, 2.75) is 25.4 Å². The molecule has 1 fully saturated rings. The van der Waals surface area contributed by atoms with Gasteiger partial charge in [-0.2, -0.15) is 5.10 Å². The van der Waals surface area contributed by atoms with Gasteiger partial charge >= 0.3 is 0 Å². The Kier molecular flexibility index (Phi) is 4.69. The SMILES string of the molecule is O=C(NCc1nc(-c2ccccc2)n[nH]1)c1cn(C2CCCNC2)nn1. The molecule has 1 aromatic carbocycles. The summed E-state index contributed by atoms with van der Waals surface area (Å²) in [7, 11) is 0. The summed E-state index contributed by atoms with van der Waals surface area (Å²) in [5, 5.41) is 21.2. The van der Waals surface area contributed by atoms with Crippen molar-refractivity contribution in [3.8, 4) is 11.4 Å². The van der Waals surface area contributed by atoms with Crippen molar-refractivity contribution in [3.63, 3.8) is 0 Å². The summed E-state index contributed by atoms with van der Waals surface area (Å²) in [6.45, 7) is 2.13. The van der Waals surface area contributed by atoms with E-state index in [0.717, 1.165) is 31.5 Å². The lowest BCUT2D eigenvalue weighted by Gasteiger charge is -2.22. The van der Waals surface area contributed by atoms with E-state index in [1.54, 1.807) is 10.9 Å². The van der Waals surface area contributed by atoms with Gasteiger partial charge in [0.1, 0.15) is 5.82 Å². The fourth-order valence-corrected chi connectivity index (χ4v) is 2.96. The number of hydrogen-bond donors (Lipinski definition) is 3. The van der Waals surface area contributed by atoms with Crippen LogP contribution in [0.5, 0.6) is 0 Å². The molecule has 2 aromatic heterocycles. The summed E-state index contributed by atoms with van der Waals surface area (Å²) in [6, 6.07) is 9.92. The van der Waals surface area contributed by atoms with E-state index >= 15 is 0 Å². The highest BCUT2D eigenvalue weighted by Crippen LogP contribution is 2.15. The predicted octanol–water partition coefficient (Wildman–Crippen LogP) is 0.918. The number of amides is 1. The highest BCUT2D eigenvalue weighted by Gasteiger charge is 2.18. The van der Waals surface area contributed by atoms with Crippen LogP contribution >= 0.6 is 0 Å². The molecule has 3 heterocycles. The van der Waals surface area contributed by atoms with Crippen LogP contribution < -0.4 is 10.6 Å². The fraction of sp³-hybridized carbons (Fsp3) is 0.353. The van der Waals surface area contributed by atoms with E-state index in [-0.39, 0.29) is 18.5 Å². The summed E-state index contributed by atoms with van der Waals surface area (Å²) in [5.74, 6) is 0.907. The van der Waals surface area contributed by atoms with Crippen molar-refractivity contribution in [2.24, 2.45) is 0 Å². The van der Waals surface area contributed by atoms with Gasteiger partial charge in [0, 0.05) is 12.1 Å². The smallest absolute Gasteiger partial charge is 0.273 e. The molecule has 1 aliphatic rings. The van der Waals surface area contributed by atoms with Crippen molar-refractivity contribution < 1.29 is 4.79 Å². The molecular weight excluding hydrogens is 332 g/mol. The van der Waals surface area contributed by atoms with Crippen LogP contribution in [0.3, 0.4) is 0 Å². The van der Waals surface area contributed by atoms with Crippen molar-refractivity contribution in [3.05, 3.63) is 48.0 Å². The zero-order valence-corrected chi connectivity index (χ0v) is 14.2. The van der Waals surface area contributed by atoms with E-state index in [4.69, 9.17) is 0 Å². The Bertz CT molecular complexity index is 866. The molecule has 3 aromatic rings. The number of nitrogens with one attached hydrogen (secondary N) is 3. The number of nitrogens with zero attached hydrogens (tertiary/aromatic N) is 5. The van der Waals surface area contributed by atoms with Crippen LogP contribution in [0, 0.1) is 0 Å². The second kappa shape index (κ2) is 7.44. The molecule has 134 valence electrons. The van der Waals surface area contributed by atoms with Gasteiger partial charge in [0.2, 0.25) is 0 Å². The molecule has 0 aliphatic carbocycles. The maximum atomic E-state index is 12.3. The molecule has 1 unspecified atom stereocenters. The standard InChI is InChI=1S/C17H20N8O/c26-17(14-11-25(24-21-14)13-7-4-8-18-9-13)19-10-15-20-16(23-22-15)12-5-2-1-3-6-12/h1-3,5-6,11,13,18H,4,7-10H2,(H,19,26)(H,20,22,23). The van der Waals surface area contributed by atoms with Gasteiger partial charge in [0.25, 0.3) is 5.91 Å². The van der Waals surface area contributed by atoms with E-state index in [0.29, 0.717) is 17.3 Å². The molecule has 1 saturated heterocycles. The zero-order chi connectivity index (χ0) is 17.8. The first kappa shape index (κ1) is 16.4. The Balaban J connectivity index is 1.35. The van der Waals surface area contributed by atoms with Crippen molar-refractivity contribution >= 4 is 5.91 Å². The lowest BCUT2D eigenvalue weighted by molar-refractivity contribution is 0.0945. The number of hydrogen-bond acceptors (Lipinski definition) is 6. The van der Waals surface area contributed by atoms with Crippen LogP contribution in [0.25, 0.3) is 11.4 Å². The van der Waals surface area contributed by atoms with Gasteiger partial charge in [-0.15, -0.1) is 5.10 Å². The average molecular weight is 352 g/mol. The summed E-state index contributed by atoms with van der Waals surface area (Å²) >= 11 is 0. The molecule has 4 rings (SSSR count). The van der Waals surface area contributed by atoms with Crippen LogP contribution in [-0.4, -0.2) is 49.2 Å². The van der Waals surface area contributed by atoms with Crippen LogP contribution in [0.4, 0.5) is 0 Å². The van der Waals surface area contributed by atoms with E-state index in [2.05, 4.69) is 36.1 Å². The Morgan fingerprint density at radius 2 is 2.19 bits per heavy atom. The van der Waals surface area contributed by atoms with E-state index in [1.807, 2.05) is 30.3 Å². The molecule has 1 atom stereocenters. The molecule has 9 heteroatoms. The molecular formula is C17H20N8O. The monoisotopic (exact) mass is 352 g/mol. The van der Waals surface area contributed by atoms with Crippen LogP contribution in [0.1, 0.15) is 35.2 Å². The summed E-state index contributed by atoms with van der Waals surface area (Å²) in [5.41, 5.74) is 1.23. The second-order valence-corrected chi connectivity index (χ2v) is 6.24. The molecule has 1 amide bonds. The molecule has 9 nitrogen and oxygen atoms in total. The van der Waals surface area contributed by atoms with Gasteiger partial charge in [-0.1, -0.05) is 35.5 Å². The van der Waals surface area contributed by atoms with Gasteiger partial charge in [-0.25, -0.2) is 9.67 Å². The normalized spacial score (nSPS) is 17.2. The predicted molar refractivity (Wildman–Crippen MR) is 94.2 cm³/mol. The lowest BCUT2D eigenvalue weighted by Crippen LogP contribution is -2.32.